The number of hydrogen-bond acceptors (Lipinski definition) is 7. The molecule has 1 amide bonds. The van der Waals surface area contributed by atoms with Crippen LogP contribution in [0.15, 0.2) is 53.4 Å². The fraction of sp³-hybridized carbons (Fsp3) is 0.333. The van der Waals surface area contributed by atoms with Gasteiger partial charge in [0.05, 0.1) is 22.4 Å². The zero-order valence-electron chi connectivity index (χ0n) is 18.9. The summed E-state index contributed by atoms with van der Waals surface area (Å²) in [7, 11) is -3.80. The van der Waals surface area contributed by atoms with Crippen molar-refractivity contribution in [2.24, 2.45) is 5.92 Å². The summed E-state index contributed by atoms with van der Waals surface area (Å²) in [6, 6.07) is 14.2. The fourth-order valence-electron chi connectivity index (χ4n) is 3.59. The van der Waals surface area contributed by atoms with Gasteiger partial charge in [-0.1, -0.05) is 18.2 Å². The Balaban J connectivity index is 1.55. The Morgan fingerprint density at radius 1 is 1.12 bits per heavy atom. The molecule has 0 radical (unpaired) electrons. The van der Waals surface area contributed by atoms with Crippen LogP contribution >= 0.6 is 0 Å². The Bertz CT molecular complexity index is 1240. The van der Waals surface area contributed by atoms with Crippen LogP contribution in [-0.2, 0) is 24.3 Å². The molecule has 3 rings (SSSR count). The van der Waals surface area contributed by atoms with Gasteiger partial charge in [-0.3, -0.25) is 14.4 Å². The van der Waals surface area contributed by atoms with Crippen molar-refractivity contribution in [1.82, 2.24) is 4.31 Å². The number of hydrogen-bond donors (Lipinski definition) is 1. The van der Waals surface area contributed by atoms with E-state index in [1.165, 1.54) is 42.4 Å². The third-order valence-corrected chi connectivity index (χ3v) is 7.48. The molecule has 1 saturated heterocycles. The number of Topliss-reactive ketones (excluding diaryl/α,β-unsaturated/α-hetero) is 1. The van der Waals surface area contributed by atoms with Crippen LogP contribution < -0.4 is 5.32 Å². The summed E-state index contributed by atoms with van der Waals surface area (Å²) < 4.78 is 32.5. The number of carbonyl (C=O) groups is 3. The van der Waals surface area contributed by atoms with E-state index < -0.39 is 33.9 Å². The maximum Gasteiger partial charge on any atom is 0.309 e. The van der Waals surface area contributed by atoms with Gasteiger partial charge in [0, 0.05) is 24.3 Å². The van der Waals surface area contributed by atoms with Gasteiger partial charge < -0.3 is 10.1 Å². The van der Waals surface area contributed by atoms with Crippen LogP contribution in [0.25, 0.3) is 0 Å². The van der Waals surface area contributed by atoms with Gasteiger partial charge in [-0.25, -0.2) is 8.42 Å². The highest BCUT2D eigenvalue weighted by atomic mass is 32.2. The third kappa shape index (κ3) is 5.87. The first-order chi connectivity index (χ1) is 16.1. The first-order valence-electron chi connectivity index (χ1n) is 10.7. The van der Waals surface area contributed by atoms with Gasteiger partial charge in [0.1, 0.15) is 0 Å². The molecule has 9 nitrogen and oxygen atoms in total. The van der Waals surface area contributed by atoms with Gasteiger partial charge >= 0.3 is 5.97 Å². The quantitative estimate of drug-likeness (QED) is 0.473. The zero-order chi connectivity index (χ0) is 24.9. The van der Waals surface area contributed by atoms with Crippen molar-refractivity contribution in [2.45, 2.75) is 37.7 Å². The van der Waals surface area contributed by atoms with Crippen molar-refractivity contribution in [3.8, 4) is 6.07 Å². The van der Waals surface area contributed by atoms with E-state index in [1.807, 2.05) is 6.07 Å². The Morgan fingerprint density at radius 2 is 1.79 bits per heavy atom. The number of nitrogens with zero attached hydrogens (tertiary/aromatic N) is 2. The monoisotopic (exact) mass is 483 g/mol. The average Bonchev–Trinajstić information content (AvgIpc) is 2.84. The number of ether oxygens (including phenoxy) is 1. The van der Waals surface area contributed by atoms with E-state index in [9.17, 15) is 22.8 Å². The number of anilines is 1. The van der Waals surface area contributed by atoms with E-state index in [0.717, 1.165) is 0 Å². The summed E-state index contributed by atoms with van der Waals surface area (Å²) in [6.45, 7) is 3.05. The van der Waals surface area contributed by atoms with E-state index in [2.05, 4.69) is 5.32 Å². The highest BCUT2D eigenvalue weighted by molar-refractivity contribution is 7.89. The van der Waals surface area contributed by atoms with Gasteiger partial charge in [0.2, 0.25) is 10.0 Å². The third-order valence-electron chi connectivity index (χ3n) is 5.59. The van der Waals surface area contributed by atoms with E-state index in [0.29, 0.717) is 16.8 Å². The molecule has 34 heavy (non-hydrogen) atoms. The van der Waals surface area contributed by atoms with Crippen molar-refractivity contribution >= 4 is 33.4 Å². The first kappa shape index (κ1) is 25.1. The lowest BCUT2D eigenvalue weighted by atomic mass is 9.98. The van der Waals surface area contributed by atoms with Crippen LogP contribution in [0.5, 0.6) is 0 Å². The predicted octanol–water partition coefficient (Wildman–Crippen LogP) is 2.73. The molecule has 0 bridgehead atoms. The van der Waals surface area contributed by atoms with Crippen LogP contribution in [-0.4, -0.2) is 49.6 Å². The summed E-state index contributed by atoms with van der Waals surface area (Å²) >= 11 is 0. The lowest BCUT2D eigenvalue weighted by Gasteiger charge is -2.30. The Kier molecular flexibility index (Phi) is 7.81. The molecule has 1 atom stereocenters. The molecule has 0 spiro atoms. The summed E-state index contributed by atoms with van der Waals surface area (Å²) in [5.74, 6) is -1.86. The van der Waals surface area contributed by atoms with Gasteiger partial charge in [0.15, 0.2) is 11.9 Å². The highest BCUT2D eigenvalue weighted by Gasteiger charge is 2.34. The zero-order valence-corrected chi connectivity index (χ0v) is 19.7. The first-order valence-corrected chi connectivity index (χ1v) is 12.2. The number of piperidine rings is 1. The molecule has 178 valence electrons. The number of benzene rings is 2. The molecule has 1 heterocycles. The lowest BCUT2D eigenvalue weighted by molar-refractivity contribution is -0.158. The molecule has 0 aromatic heterocycles. The highest BCUT2D eigenvalue weighted by Crippen LogP contribution is 2.25. The van der Waals surface area contributed by atoms with E-state index in [4.69, 9.17) is 10.00 Å². The van der Waals surface area contributed by atoms with E-state index >= 15 is 0 Å². The van der Waals surface area contributed by atoms with E-state index in [1.54, 1.807) is 24.3 Å². The fourth-order valence-corrected chi connectivity index (χ4v) is 5.11. The number of rotatable bonds is 7. The second-order valence-corrected chi connectivity index (χ2v) is 9.96. The molecule has 1 aliphatic rings. The number of esters is 1. The van der Waals surface area contributed by atoms with Crippen molar-refractivity contribution in [3.05, 3.63) is 59.7 Å². The number of nitriles is 1. The molecule has 0 saturated carbocycles. The van der Waals surface area contributed by atoms with Crippen molar-refractivity contribution in [1.29, 1.82) is 5.26 Å². The summed E-state index contributed by atoms with van der Waals surface area (Å²) in [5, 5.41) is 11.6. The van der Waals surface area contributed by atoms with Crippen LogP contribution in [0, 0.1) is 17.2 Å². The molecule has 1 fully saturated rings. The smallest absolute Gasteiger partial charge is 0.309 e. The largest absolute Gasteiger partial charge is 0.452 e. The average molecular weight is 484 g/mol. The standard InChI is InChI=1S/C24H25N3O6S/c1-16(28)20-6-4-8-22(14-20)34(31,32)27-11-9-19(10-12-27)24(30)33-17(2)23(29)26-21-7-3-5-18(13-21)15-25/h3-8,13-14,17,19H,9-12H2,1-2H3,(H,26,29)/t17-/m0/s1. The number of ketones is 1. The molecule has 10 heteroatoms. The van der Waals surface area contributed by atoms with Crippen molar-refractivity contribution < 1.29 is 27.5 Å². The van der Waals surface area contributed by atoms with Crippen LogP contribution in [0.4, 0.5) is 5.69 Å². The van der Waals surface area contributed by atoms with Gasteiger partial charge in [-0.15, -0.1) is 0 Å². The molecule has 0 unspecified atom stereocenters. The van der Waals surface area contributed by atoms with Crippen LogP contribution in [0.1, 0.15) is 42.6 Å². The van der Waals surface area contributed by atoms with Crippen LogP contribution in [0.3, 0.4) is 0 Å². The normalized spacial score (nSPS) is 15.7. The minimum Gasteiger partial charge on any atom is -0.452 e. The molecule has 1 aliphatic heterocycles. The number of amides is 1. The summed E-state index contributed by atoms with van der Waals surface area (Å²) in [5.41, 5.74) is 1.11. The maximum absolute atomic E-state index is 13.0. The van der Waals surface area contributed by atoms with Gasteiger partial charge in [-0.2, -0.15) is 9.57 Å². The predicted molar refractivity (Wildman–Crippen MR) is 123 cm³/mol. The number of sulfonamides is 1. The molecule has 2 aromatic rings. The molecule has 0 aliphatic carbocycles. The lowest BCUT2D eigenvalue weighted by Crippen LogP contribution is -2.41. The SMILES string of the molecule is CC(=O)c1cccc(S(=O)(=O)N2CCC(C(=O)O[C@@H](C)C(=O)Nc3cccc(C#N)c3)CC2)c1. The molecule has 2 aromatic carbocycles. The summed E-state index contributed by atoms with van der Waals surface area (Å²) in [4.78, 5) is 36.5. The maximum atomic E-state index is 13.0. The molecule has 1 N–H and O–H groups in total. The second kappa shape index (κ2) is 10.6. The number of carbonyl (C=O) groups excluding carboxylic acids is 3. The molecular formula is C24H25N3O6S. The second-order valence-electron chi connectivity index (χ2n) is 8.02. The molecular weight excluding hydrogens is 458 g/mol. The topological polar surface area (TPSA) is 134 Å². The van der Waals surface area contributed by atoms with Gasteiger partial charge in [0.25, 0.3) is 5.91 Å². The van der Waals surface area contributed by atoms with Crippen molar-refractivity contribution in [2.75, 3.05) is 18.4 Å². The van der Waals surface area contributed by atoms with Crippen molar-refractivity contribution in [3.63, 3.8) is 0 Å². The Hall–Kier alpha value is -3.55. The Morgan fingerprint density at radius 3 is 2.44 bits per heavy atom. The Labute approximate surface area is 198 Å². The van der Waals surface area contributed by atoms with E-state index in [-0.39, 0.29) is 36.6 Å². The van der Waals surface area contributed by atoms with Gasteiger partial charge in [-0.05, 0) is 57.0 Å². The minimum atomic E-state index is -3.80. The van der Waals surface area contributed by atoms with Crippen LogP contribution in [0.2, 0.25) is 0 Å². The summed E-state index contributed by atoms with van der Waals surface area (Å²) in [6.07, 6.45) is -0.555. The minimum absolute atomic E-state index is 0.0342. The number of nitrogens with one attached hydrogen (secondary N) is 1.